The molecule has 0 saturated heterocycles. The lowest BCUT2D eigenvalue weighted by molar-refractivity contribution is 0.270. The van der Waals surface area contributed by atoms with Gasteiger partial charge in [0, 0.05) is 16.6 Å². The van der Waals surface area contributed by atoms with Crippen molar-refractivity contribution in [3.8, 4) is 0 Å². The molecule has 2 aromatic rings. The average molecular weight is 344 g/mol. The summed E-state index contributed by atoms with van der Waals surface area (Å²) in [6.07, 6.45) is 2.47. The molecule has 1 nitrogen and oxygen atoms in total. The van der Waals surface area contributed by atoms with Crippen LogP contribution in [0.1, 0.15) is 48.4 Å². The smallest absolute Gasteiger partial charge is 0.0296 e. The Morgan fingerprint density at radius 1 is 1.05 bits per heavy atom. The Labute approximate surface area is 135 Å². The summed E-state index contributed by atoms with van der Waals surface area (Å²) in [6, 6.07) is 18.3. The number of benzene rings is 2. The van der Waals surface area contributed by atoms with Gasteiger partial charge in [0.05, 0.1) is 0 Å². The van der Waals surface area contributed by atoms with Crippen molar-refractivity contribution in [1.29, 1.82) is 0 Å². The fraction of sp³-hybridized carbons (Fsp3) is 0.368. The molecule has 0 heterocycles. The van der Waals surface area contributed by atoms with Crippen LogP contribution in [0.25, 0.3) is 0 Å². The summed E-state index contributed by atoms with van der Waals surface area (Å²) in [4.78, 5) is 0. The van der Waals surface area contributed by atoms with Gasteiger partial charge in [0.25, 0.3) is 0 Å². The van der Waals surface area contributed by atoms with Gasteiger partial charge in [-0.3, -0.25) is 0 Å². The second kappa shape index (κ2) is 6.33. The molecule has 0 spiro atoms. The van der Waals surface area contributed by atoms with Gasteiger partial charge in [-0.05, 0) is 55.4 Å². The largest absolute Gasteiger partial charge is 0.307 e. The fourth-order valence-electron chi connectivity index (χ4n) is 3.33. The van der Waals surface area contributed by atoms with Gasteiger partial charge in [0.15, 0.2) is 0 Å². The van der Waals surface area contributed by atoms with Crippen LogP contribution in [0.4, 0.5) is 0 Å². The molecule has 1 unspecified atom stereocenters. The number of aryl methyl sites for hydroxylation is 1. The molecule has 1 atom stereocenters. The maximum absolute atomic E-state index is 3.78. The van der Waals surface area contributed by atoms with Crippen LogP contribution in [0, 0.1) is 6.92 Å². The Bertz CT molecular complexity index is 616. The Balaban J connectivity index is 1.58. The summed E-state index contributed by atoms with van der Waals surface area (Å²) in [6.45, 7) is 4.46. The van der Waals surface area contributed by atoms with Crippen molar-refractivity contribution in [2.45, 2.75) is 44.7 Å². The summed E-state index contributed by atoms with van der Waals surface area (Å²) in [7, 11) is 0. The van der Waals surface area contributed by atoms with Crippen LogP contribution in [0.2, 0.25) is 0 Å². The molecule has 2 aromatic carbocycles. The molecule has 0 aromatic heterocycles. The number of hydrogen-bond acceptors (Lipinski definition) is 1. The highest BCUT2D eigenvalue weighted by Crippen LogP contribution is 2.40. The van der Waals surface area contributed by atoms with Crippen LogP contribution in [0.15, 0.2) is 53.0 Å². The van der Waals surface area contributed by atoms with Crippen molar-refractivity contribution in [3.63, 3.8) is 0 Å². The van der Waals surface area contributed by atoms with E-state index in [4.69, 9.17) is 0 Å². The highest BCUT2D eigenvalue weighted by molar-refractivity contribution is 9.10. The van der Waals surface area contributed by atoms with E-state index in [1.807, 2.05) is 0 Å². The van der Waals surface area contributed by atoms with Gasteiger partial charge >= 0.3 is 0 Å². The Kier molecular flexibility index (Phi) is 4.46. The zero-order chi connectivity index (χ0) is 14.8. The molecule has 3 rings (SSSR count). The third-order valence-electron chi connectivity index (χ3n) is 4.62. The molecule has 1 N–H and O–H groups in total. The van der Waals surface area contributed by atoms with Crippen molar-refractivity contribution in [1.82, 2.24) is 5.32 Å². The third kappa shape index (κ3) is 3.22. The minimum absolute atomic E-state index is 0.427. The van der Waals surface area contributed by atoms with Crippen molar-refractivity contribution < 1.29 is 0 Å². The molecule has 21 heavy (non-hydrogen) atoms. The summed E-state index contributed by atoms with van der Waals surface area (Å²) in [5.41, 5.74) is 4.25. The van der Waals surface area contributed by atoms with E-state index in [0.29, 0.717) is 18.0 Å². The predicted molar refractivity (Wildman–Crippen MR) is 92.6 cm³/mol. The first kappa shape index (κ1) is 14.8. The lowest BCUT2D eigenvalue weighted by Crippen LogP contribution is -2.41. The lowest BCUT2D eigenvalue weighted by Gasteiger charge is -2.39. The molecule has 1 aliphatic rings. The Hall–Kier alpha value is -1.12. The van der Waals surface area contributed by atoms with Crippen LogP contribution < -0.4 is 5.32 Å². The molecule has 110 valence electrons. The molecule has 1 aliphatic carbocycles. The molecule has 0 amide bonds. The third-order valence-corrected chi connectivity index (χ3v) is 5.35. The van der Waals surface area contributed by atoms with Gasteiger partial charge in [-0.2, -0.15) is 0 Å². The van der Waals surface area contributed by atoms with Crippen LogP contribution in [0.3, 0.4) is 0 Å². The first-order chi connectivity index (χ1) is 10.1. The number of hydrogen-bond donors (Lipinski definition) is 1. The van der Waals surface area contributed by atoms with E-state index in [1.54, 1.807) is 0 Å². The minimum Gasteiger partial charge on any atom is -0.307 e. The van der Waals surface area contributed by atoms with Gasteiger partial charge in [-0.1, -0.05) is 58.4 Å². The molecule has 2 heteroatoms. The van der Waals surface area contributed by atoms with E-state index in [-0.39, 0.29) is 0 Å². The molecular formula is C19H22BrN. The number of halogens is 1. The summed E-state index contributed by atoms with van der Waals surface area (Å²) in [5.74, 6) is 0.696. The van der Waals surface area contributed by atoms with Crippen molar-refractivity contribution in [2.24, 2.45) is 0 Å². The van der Waals surface area contributed by atoms with Crippen LogP contribution in [0.5, 0.6) is 0 Å². The highest BCUT2D eigenvalue weighted by atomic mass is 79.9. The van der Waals surface area contributed by atoms with E-state index in [9.17, 15) is 0 Å². The molecule has 1 fully saturated rings. The predicted octanol–water partition coefficient (Wildman–Crippen LogP) is 5.35. The van der Waals surface area contributed by atoms with Gasteiger partial charge in [0.2, 0.25) is 0 Å². The SMILES string of the molecule is Cc1ccccc1C(C)NC1CC(c2ccccc2Br)C1. The quantitative estimate of drug-likeness (QED) is 0.788. The summed E-state index contributed by atoms with van der Waals surface area (Å²) < 4.78 is 1.25. The second-order valence-electron chi connectivity index (χ2n) is 6.13. The normalized spacial score (nSPS) is 22.6. The minimum atomic E-state index is 0.427. The maximum Gasteiger partial charge on any atom is 0.0296 e. The van der Waals surface area contributed by atoms with Crippen molar-refractivity contribution >= 4 is 15.9 Å². The number of nitrogens with one attached hydrogen (secondary N) is 1. The number of rotatable bonds is 4. The average Bonchev–Trinajstić information content (AvgIpc) is 2.44. The van der Waals surface area contributed by atoms with Gasteiger partial charge in [-0.25, -0.2) is 0 Å². The summed E-state index contributed by atoms with van der Waals surface area (Å²) in [5, 5.41) is 3.78. The highest BCUT2D eigenvalue weighted by Gasteiger charge is 2.32. The first-order valence-electron chi connectivity index (χ1n) is 7.71. The van der Waals surface area contributed by atoms with E-state index >= 15 is 0 Å². The van der Waals surface area contributed by atoms with Gasteiger partial charge < -0.3 is 5.32 Å². The lowest BCUT2D eigenvalue weighted by atomic mass is 9.75. The van der Waals surface area contributed by atoms with E-state index in [2.05, 4.69) is 83.6 Å². The van der Waals surface area contributed by atoms with E-state index < -0.39 is 0 Å². The second-order valence-corrected chi connectivity index (χ2v) is 6.99. The molecule has 0 aliphatic heterocycles. The maximum atomic E-state index is 3.78. The first-order valence-corrected chi connectivity index (χ1v) is 8.50. The molecule has 0 bridgehead atoms. The molecule has 1 saturated carbocycles. The fourth-order valence-corrected chi connectivity index (χ4v) is 3.94. The van der Waals surface area contributed by atoms with E-state index in [1.165, 1.54) is 34.0 Å². The monoisotopic (exact) mass is 343 g/mol. The standard InChI is InChI=1S/C19H22BrN/c1-13-7-3-4-8-17(13)14(2)21-16-11-15(12-16)18-9-5-6-10-19(18)20/h3-10,14-16,21H,11-12H2,1-2H3. The Morgan fingerprint density at radius 3 is 2.43 bits per heavy atom. The van der Waals surface area contributed by atoms with Gasteiger partial charge in [0.1, 0.15) is 0 Å². The zero-order valence-corrected chi connectivity index (χ0v) is 14.2. The van der Waals surface area contributed by atoms with Crippen LogP contribution >= 0.6 is 15.9 Å². The van der Waals surface area contributed by atoms with Crippen LogP contribution in [-0.4, -0.2) is 6.04 Å². The molecule has 0 radical (unpaired) electrons. The zero-order valence-electron chi connectivity index (χ0n) is 12.6. The Morgan fingerprint density at radius 2 is 1.71 bits per heavy atom. The van der Waals surface area contributed by atoms with Crippen molar-refractivity contribution in [3.05, 3.63) is 69.7 Å². The van der Waals surface area contributed by atoms with Crippen molar-refractivity contribution in [2.75, 3.05) is 0 Å². The van der Waals surface area contributed by atoms with E-state index in [0.717, 1.165) is 0 Å². The van der Waals surface area contributed by atoms with Crippen LogP contribution in [-0.2, 0) is 0 Å². The topological polar surface area (TPSA) is 12.0 Å². The molecular weight excluding hydrogens is 322 g/mol. The van der Waals surface area contributed by atoms with Gasteiger partial charge in [-0.15, -0.1) is 0 Å². The summed E-state index contributed by atoms with van der Waals surface area (Å²) >= 11 is 3.67.